The zero-order valence-corrected chi connectivity index (χ0v) is 19.8. The maximum absolute atomic E-state index is 13.2. The van der Waals surface area contributed by atoms with Gasteiger partial charge in [-0.1, -0.05) is 44.7 Å². The minimum absolute atomic E-state index is 0.242. The molecule has 0 aliphatic heterocycles. The number of primary amides is 1. The summed E-state index contributed by atoms with van der Waals surface area (Å²) in [7, 11) is 2.68. The predicted octanol–water partition coefficient (Wildman–Crippen LogP) is 4.10. The minimum atomic E-state index is -4.37. The predicted molar refractivity (Wildman–Crippen MR) is 130 cm³/mol. The topological polar surface area (TPSA) is 84.1 Å². The summed E-state index contributed by atoms with van der Waals surface area (Å²) in [6.07, 6.45) is 4.92. The van der Waals surface area contributed by atoms with Crippen LogP contribution in [0, 0.1) is 0 Å². The third-order valence-corrected chi connectivity index (χ3v) is 6.47. The molecule has 4 rings (SSSR count). The van der Waals surface area contributed by atoms with Crippen molar-refractivity contribution in [2.24, 2.45) is 5.73 Å². The second kappa shape index (κ2) is 10.1. The number of carbonyl (C=O) groups is 1. The highest BCUT2D eigenvalue weighted by atomic mass is 31.0. The number of aromatic nitrogens is 2. The number of nitrogens with zero attached hydrogens (tertiary/aromatic N) is 3. The molecule has 0 radical (unpaired) electrons. The Bertz CT molecular complexity index is 1130. The molecule has 1 amide bonds. The van der Waals surface area contributed by atoms with Crippen LogP contribution in [0.15, 0.2) is 53.9 Å². The average Bonchev–Trinajstić information content (AvgIpc) is 3.63. The summed E-state index contributed by atoms with van der Waals surface area (Å²) in [5.41, 5.74) is 7.42. The Balaban J connectivity index is 1.48. The summed E-state index contributed by atoms with van der Waals surface area (Å²) in [4.78, 5) is 22.0. The van der Waals surface area contributed by atoms with Gasteiger partial charge in [0.25, 0.3) is 0 Å². The van der Waals surface area contributed by atoms with E-state index in [1.54, 1.807) is 6.07 Å². The molecule has 2 aliphatic carbocycles. The maximum Gasteiger partial charge on any atom is 0.416 e. The Morgan fingerprint density at radius 1 is 1.18 bits per heavy atom. The van der Waals surface area contributed by atoms with Crippen molar-refractivity contribution in [3.8, 4) is 0 Å². The van der Waals surface area contributed by atoms with E-state index in [1.165, 1.54) is 24.0 Å². The number of nitrogens with two attached hydrogens (primary N) is 1. The smallest absolute Gasteiger partial charge is 0.369 e. The van der Waals surface area contributed by atoms with Crippen molar-refractivity contribution in [2.45, 2.75) is 50.9 Å². The molecular formula is C24H27F3N5OP. The zero-order chi connectivity index (χ0) is 24.3. The van der Waals surface area contributed by atoms with Gasteiger partial charge >= 0.3 is 6.18 Å². The first-order valence-corrected chi connectivity index (χ1v) is 11.7. The summed E-state index contributed by atoms with van der Waals surface area (Å²) >= 11 is 0. The lowest BCUT2D eigenvalue weighted by atomic mass is 9.96. The minimum Gasteiger partial charge on any atom is -0.369 e. The molecule has 6 nitrogen and oxygen atoms in total. The first-order valence-electron chi connectivity index (χ1n) is 11.1. The first kappa shape index (κ1) is 24.2. The van der Waals surface area contributed by atoms with Crippen molar-refractivity contribution >= 4 is 32.1 Å². The monoisotopic (exact) mass is 489 g/mol. The highest BCUT2D eigenvalue weighted by molar-refractivity contribution is 7.28. The standard InChI is InChI=1S/C24H27F3N5OP/c25-24(26,27)18-3-1-2-17(10-18)13-32(19-8-9-19)23-21(34)22(30-14-31-23)29-12-16-6-4-15(5-7-16)11-20(28)33/h1-4,6,10,14,19H,5,7-9,11-13,34H2,(H2,28,33)(H,29,30,31). The summed E-state index contributed by atoms with van der Waals surface area (Å²) < 4.78 is 39.5. The number of amides is 1. The molecule has 1 aromatic heterocycles. The lowest BCUT2D eigenvalue weighted by Crippen LogP contribution is -2.31. The van der Waals surface area contributed by atoms with Crippen LogP contribution in [0.1, 0.15) is 43.2 Å². The number of benzene rings is 1. The molecule has 1 unspecified atom stereocenters. The van der Waals surface area contributed by atoms with Crippen molar-refractivity contribution in [2.75, 3.05) is 16.8 Å². The molecular weight excluding hydrogens is 462 g/mol. The van der Waals surface area contributed by atoms with Crippen molar-refractivity contribution < 1.29 is 18.0 Å². The van der Waals surface area contributed by atoms with Crippen LogP contribution in [0.2, 0.25) is 0 Å². The van der Waals surface area contributed by atoms with Crippen LogP contribution in [-0.2, 0) is 17.5 Å². The van der Waals surface area contributed by atoms with Gasteiger partial charge in [0.2, 0.25) is 5.91 Å². The van der Waals surface area contributed by atoms with E-state index in [2.05, 4.69) is 29.4 Å². The van der Waals surface area contributed by atoms with E-state index in [1.807, 2.05) is 12.2 Å². The highest BCUT2D eigenvalue weighted by Gasteiger charge is 2.33. The fourth-order valence-corrected chi connectivity index (χ4v) is 4.42. The fourth-order valence-electron chi connectivity index (χ4n) is 4.00. The second-order valence-corrected chi connectivity index (χ2v) is 9.24. The number of alkyl halides is 3. The Morgan fingerprint density at radius 2 is 1.91 bits per heavy atom. The Kier molecular flexibility index (Phi) is 7.22. The van der Waals surface area contributed by atoms with Crippen molar-refractivity contribution in [1.29, 1.82) is 0 Å². The van der Waals surface area contributed by atoms with Gasteiger partial charge in [-0.3, -0.25) is 4.79 Å². The van der Waals surface area contributed by atoms with E-state index in [0.29, 0.717) is 30.3 Å². The number of nitrogens with one attached hydrogen (secondary N) is 1. The van der Waals surface area contributed by atoms with Gasteiger partial charge in [0.15, 0.2) is 0 Å². The van der Waals surface area contributed by atoms with Crippen LogP contribution in [-0.4, -0.2) is 28.5 Å². The molecule has 3 N–H and O–H groups in total. The third kappa shape index (κ3) is 6.14. The van der Waals surface area contributed by atoms with Crippen LogP contribution >= 0.6 is 9.24 Å². The van der Waals surface area contributed by atoms with Gasteiger partial charge in [-0.25, -0.2) is 9.97 Å². The van der Waals surface area contributed by atoms with Crippen LogP contribution in [0.5, 0.6) is 0 Å². The molecule has 34 heavy (non-hydrogen) atoms. The van der Waals surface area contributed by atoms with E-state index in [4.69, 9.17) is 5.73 Å². The quantitative estimate of drug-likeness (QED) is 0.519. The number of halogens is 3. The van der Waals surface area contributed by atoms with Gasteiger partial charge in [0, 0.05) is 25.6 Å². The van der Waals surface area contributed by atoms with E-state index in [9.17, 15) is 18.0 Å². The Hall–Kier alpha value is -2.93. The maximum atomic E-state index is 13.2. The van der Waals surface area contributed by atoms with Crippen LogP contribution in [0.3, 0.4) is 0 Å². The number of carbonyl (C=O) groups excluding carboxylic acids is 1. The number of hydrogen-bond donors (Lipinski definition) is 2. The van der Waals surface area contributed by atoms with Crippen LogP contribution < -0.4 is 21.3 Å². The highest BCUT2D eigenvalue weighted by Crippen LogP contribution is 2.34. The number of allylic oxidation sites excluding steroid dienone is 2. The third-order valence-electron chi connectivity index (χ3n) is 5.94. The summed E-state index contributed by atoms with van der Waals surface area (Å²) in [5.74, 6) is 1.04. The SMILES string of the molecule is NC(=O)CC1=CC=C(CNc2ncnc(N(Cc3cccc(C(F)(F)F)c3)C3CC3)c2P)CC1. The molecule has 0 bridgehead atoms. The summed E-state index contributed by atoms with van der Waals surface area (Å²) in [5, 5.41) is 4.13. The zero-order valence-electron chi connectivity index (χ0n) is 18.6. The van der Waals surface area contributed by atoms with E-state index in [-0.39, 0.29) is 18.4 Å². The van der Waals surface area contributed by atoms with Crippen molar-refractivity contribution in [3.63, 3.8) is 0 Å². The van der Waals surface area contributed by atoms with E-state index < -0.39 is 11.7 Å². The van der Waals surface area contributed by atoms with E-state index in [0.717, 1.165) is 42.6 Å². The molecule has 2 aliphatic rings. The second-order valence-electron chi connectivity index (χ2n) is 8.66. The number of anilines is 2. The molecule has 1 aromatic carbocycles. The largest absolute Gasteiger partial charge is 0.416 e. The number of rotatable bonds is 9. The summed E-state index contributed by atoms with van der Waals surface area (Å²) in [6, 6.07) is 5.69. The molecule has 2 aromatic rings. The molecule has 1 fully saturated rings. The normalized spacial score (nSPS) is 16.0. The average molecular weight is 489 g/mol. The fraction of sp³-hybridized carbons (Fsp3) is 0.375. The molecule has 180 valence electrons. The van der Waals surface area contributed by atoms with Crippen LogP contribution in [0.25, 0.3) is 0 Å². The van der Waals surface area contributed by atoms with E-state index >= 15 is 0 Å². The van der Waals surface area contributed by atoms with Gasteiger partial charge in [-0.15, -0.1) is 0 Å². The summed E-state index contributed by atoms with van der Waals surface area (Å²) in [6.45, 7) is 0.931. The van der Waals surface area contributed by atoms with Crippen molar-refractivity contribution in [3.05, 3.63) is 65.0 Å². The molecule has 0 spiro atoms. The lowest BCUT2D eigenvalue weighted by Gasteiger charge is -2.26. The Morgan fingerprint density at radius 3 is 2.56 bits per heavy atom. The van der Waals surface area contributed by atoms with Gasteiger partial charge in [-0.2, -0.15) is 13.2 Å². The first-order chi connectivity index (χ1) is 16.2. The molecule has 10 heteroatoms. The lowest BCUT2D eigenvalue weighted by molar-refractivity contribution is -0.137. The Labute approximate surface area is 198 Å². The van der Waals surface area contributed by atoms with Crippen LogP contribution in [0.4, 0.5) is 24.8 Å². The van der Waals surface area contributed by atoms with Gasteiger partial charge in [-0.05, 0) is 43.4 Å². The molecule has 1 atom stereocenters. The van der Waals surface area contributed by atoms with Gasteiger partial charge in [0.1, 0.15) is 18.0 Å². The number of hydrogen-bond acceptors (Lipinski definition) is 5. The molecule has 1 heterocycles. The van der Waals surface area contributed by atoms with Gasteiger partial charge in [0.05, 0.1) is 10.9 Å². The molecule has 0 saturated heterocycles. The molecule has 1 saturated carbocycles. The van der Waals surface area contributed by atoms with Crippen molar-refractivity contribution in [1.82, 2.24) is 9.97 Å². The van der Waals surface area contributed by atoms with Gasteiger partial charge < -0.3 is 16.0 Å².